The molecule has 6 nitrogen and oxygen atoms in total. The Morgan fingerprint density at radius 2 is 1.63 bits per heavy atom. The summed E-state index contributed by atoms with van der Waals surface area (Å²) < 4.78 is 12.0. The van der Waals surface area contributed by atoms with Gasteiger partial charge < -0.3 is 19.3 Å². The summed E-state index contributed by atoms with van der Waals surface area (Å²) in [7, 11) is 1.60. The Bertz CT molecular complexity index is 939. The number of benzene rings is 2. The van der Waals surface area contributed by atoms with Crippen LogP contribution in [0.1, 0.15) is 28.4 Å². The molecule has 0 aliphatic carbocycles. The summed E-state index contributed by atoms with van der Waals surface area (Å²) in [5, 5.41) is 0. The lowest BCUT2D eigenvalue weighted by molar-refractivity contribution is -0.139. The summed E-state index contributed by atoms with van der Waals surface area (Å²) in [6.45, 7) is 7.63. The molecule has 1 heterocycles. The molecule has 30 heavy (non-hydrogen) atoms. The third-order valence-electron chi connectivity index (χ3n) is 5.27. The van der Waals surface area contributed by atoms with Crippen LogP contribution in [0.25, 0.3) is 0 Å². The highest BCUT2D eigenvalue weighted by molar-refractivity contribution is 9.10. The van der Waals surface area contributed by atoms with Gasteiger partial charge in [-0.25, -0.2) is 0 Å². The fourth-order valence-corrected chi connectivity index (χ4v) is 4.05. The van der Waals surface area contributed by atoms with E-state index in [0.29, 0.717) is 43.2 Å². The van der Waals surface area contributed by atoms with Gasteiger partial charge in [-0.2, -0.15) is 0 Å². The number of rotatable bonds is 5. The van der Waals surface area contributed by atoms with Crippen LogP contribution >= 0.6 is 15.9 Å². The van der Waals surface area contributed by atoms with Crippen LogP contribution in [0.3, 0.4) is 0 Å². The van der Waals surface area contributed by atoms with Gasteiger partial charge in [0.25, 0.3) is 11.8 Å². The lowest BCUT2D eigenvalue weighted by Crippen LogP contribution is -2.53. The number of carbonyl (C=O) groups excluding carboxylic acids is 2. The summed E-state index contributed by atoms with van der Waals surface area (Å²) in [5.41, 5.74) is 2.69. The minimum atomic E-state index is -0.604. The van der Waals surface area contributed by atoms with Gasteiger partial charge in [0.05, 0.1) is 11.6 Å². The molecule has 0 bridgehead atoms. The van der Waals surface area contributed by atoms with Crippen molar-refractivity contribution in [2.45, 2.75) is 26.9 Å². The molecule has 1 atom stereocenters. The molecular formula is C23H27BrN2O4. The van der Waals surface area contributed by atoms with Crippen molar-refractivity contribution in [2.24, 2.45) is 0 Å². The molecule has 2 amide bonds. The molecule has 0 spiro atoms. The van der Waals surface area contributed by atoms with Crippen LogP contribution in [0.5, 0.6) is 11.5 Å². The predicted molar refractivity (Wildman–Crippen MR) is 119 cm³/mol. The van der Waals surface area contributed by atoms with Crippen molar-refractivity contribution in [3.05, 3.63) is 57.6 Å². The monoisotopic (exact) mass is 474 g/mol. The maximum atomic E-state index is 12.8. The van der Waals surface area contributed by atoms with Crippen molar-refractivity contribution in [3.63, 3.8) is 0 Å². The Labute approximate surface area is 185 Å². The highest BCUT2D eigenvalue weighted by Crippen LogP contribution is 2.27. The molecule has 1 aliphatic heterocycles. The van der Waals surface area contributed by atoms with Gasteiger partial charge >= 0.3 is 0 Å². The standard InChI is InChI=1S/C23H27BrN2O4/c1-15-5-8-20(19(24)13-15)30-17(3)22(27)25-9-11-26(12-10-25)23(28)18-7-6-16(2)21(14-18)29-4/h5-8,13-14,17H,9-12H2,1-4H3. The zero-order valence-electron chi connectivity index (χ0n) is 17.8. The van der Waals surface area contributed by atoms with Gasteiger partial charge in [0, 0.05) is 31.7 Å². The van der Waals surface area contributed by atoms with E-state index in [1.807, 2.05) is 44.2 Å². The average Bonchev–Trinajstić information content (AvgIpc) is 2.75. The smallest absolute Gasteiger partial charge is 0.263 e. The zero-order valence-corrected chi connectivity index (χ0v) is 19.4. The molecule has 2 aromatic carbocycles. The third kappa shape index (κ3) is 4.95. The molecule has 1 fully saturated rings. The summed E-state index contributed by atoms with van der Waals surface area (Å²) >= 11 is 3.48. The van der Waals surface area contributed by atoms with Gasteiger partial charge in [-0.1, -0.05) is 12.1 Å². The van der Waals surface area contributed by atoms with E-state index in [1.54, 1.807) is 29.9 Å². The number of amides is 2. The van der Waals surface area contributed by atoms with E-state index in [9.17, 15) is 9.59 Å². The van der Waals surface area contributed by atoms with Crippen LogP contribution in [0.2, 0.25) is 0 Å². The SMILES string of the molecule is COc1cc(C(=O)N2CCN(C(=O)C(C)Oc3ccc(C)cc3Br)CC2)ccc1C. The van der Waals surface area contributed by atoms with Gasteiger partial charge in [0.2, 0.25) is 0 Å². The quantitative estimate of drug-likeness (QED) is 0.660. The first kappa shape index (κ1) is 22.2. The third-order valence-corrected chi connectivity index (χ3v) is 5.89. The largest absolute Gasteiger partial charge is 0.496 e. The number of hydrogen-bond acceptors (Lipinski definition) is 4. The molecule has 1 saturated heterocycles. The average molecular weight is 475 g/mol. The van der Waals surface area contributed by atoms with Crippen molar-refractivity contribution < 1.29 is 19.1 Å². The molecule has 1 unspecified atom stereocenters. The fraction of sp³-hybridized carbons (Fsp3) is 0.391. The van der Waals surface area contributed by atoms with Crippen LogP contribution in [0.4, 0.5) is 0 Å². The van der Waals surface area contributed by atoms with Crippen molar-refractivity contribution >= 4 is 27.7 Å². The molecule has 0 saturated carbocycles. The second kappa shape index (κ2) is 9.51. The number of aryl methyl sites for hydroxylation is 2. The summed E-state index contributed by atoms with van der Waals surface area (Å²) in [4.78, 5) is 29.2. The predicted octanol–water partition coefficient (Wildman–Crippen LogP) is 3.83. The summed E-state index contributed by atoms with van der Waals surface area (Å²) in [6, 6.07) is 11.2. The second-order valence-electron chi connectivity index (χ2n) is 7.50. The first-order valence-electron chi connectivity index (χ1n) is 9.95. The van der Waals surface area contributed by atoms with E-state index in [-0.39, 0.29) is 11.8 Å². The van der Waals surface area contributed by atoms with Crippen LogP contribution in [0.15, 0.2) is 40.9 Å². The van der Waals surface area contributed by atoms with Crippen molar-refractivity contribution in [2.75, 3.05) is 33.3 Å². The maximum Gasteiger partial charge on any atom is 0.263 e. The highest BCUT2D eigenvalue weighted by atomic mass is 79.9. The summed E-state index contributed by atoms with van der Waals surface area (Å²) in [6.07, 6.45) is -0.604. The molecule has 0 radical (unpaired) electrons. The molecule has 3 rings (SSSR count). The van der Waals surface area contributed by atoms with Crippen LogP contribution in [0, 0.1) is 13.8 Å². The van der Waals surface area contributed by atoms with E-state index in [2.05, 4.69) is 15.9 Å². The van der Waals surface area contributed by atoms with Crippen LogP contribution < -0.4 is 9.47 Å². The number of ether oxygens (including phenoxy) is 2. The Hall–Kier alpha value is -2.54. The van der Waals surface area contributed by atoms with E-state index < -0.39 is 6.10 Å². The molecular weight excluding hydrogens is 448 g/mol. The van der Waals surface area contributed by atoms with Gasteiger partial charge in [0.1, 0.15) is 11.5 Å². The minimum Gasteiger partial charge on any atom is -0.496 e. The molecule has 2 aromatic rings. The Kier molecular flexibility index (Phi) is 7.02. The maximum absolute atomic E-state index is 12.8. The van der Waals surface area contributed by atoms with Crippen molar-refractivity contribution in [1.82, 2.24) is 9.80 Å². The lowest BCUT2D eigenvalue weighted by atomic mass is 10.1. The van der Waals surface area contributed by atoms with Crippen LogP contribution in [-0.2, 0) is 4.79 Å². The zero-order chi connectivity index (χ0) is 21.8. The van der Waals surface area contributed by atoms with E-state index in [4.69, 9.17) is 9.47 Å². The lowest BCUT2D eigenvalue weighted by Gasteiger charge is -2.36. The summed E-state index contributed by atoms with van der Waals surface area (Å²) in [5.74, 6) is 1.21. The number of piperazine rings is 1. The highest BCUT2D eigenvalue weighted by Gasteiger charge is 2.28. The van der Waals surface area contributed by atoms with Gasteiger partial charge in [-0.3, -0.25) is 9.59 Å². The normalized spacial score (nSPS) is 15.0. The number of hydrogen-bond donors (Lipinski definition) is 0. The number of carbonyl (C=O) groups is 2. The van der Waals surface area contributed by atoms with Gasteiger partial charge in [-0.15, -0.1) is 0 Å². The first-order chi connectivity index (χ1) is 14.3. The van der Waals surface area contributed by atoms with Crippen LogP contribution in [-0.4, -0.2) is 61.0 Å². The number of halogens is 1. The topological polar surface area (TPSA) is 59.1 Å². The van der Waals surface area contributed by atoms with Gasteiger partial charge in [0.15, 0.2) is 6.10 Å². The van der Waals surface area contributed by atoms with Crippen molar-refractivity contribution in [1.29, 1.82) is 0 Å². The molecule has 0 aromatic heterocycles. The van der Waals surface area contributed by atoms with Gasteiger partial charge in [-0.05, 0) is 72.1 Å². The van der Waals surface area contributed by atoms with E-state index in [0.717, 1.165) is 15.6 Å². The molecule has 160 valence electrons. The van der Waals surface area contributed by atoms with Crippen molar-refractivity contribution in [3.8, 4) is 11.5 Å². The first-order valence-corrected chi connectivity index (χ1v) is 10.7. The molecule has 7 heteroatoms. The fourth-order valence-electron chi connectivity index (χ4n) is 3.46. The molecule has 0 N–H and O–H groups in total. The molecule has 1 aliphatic rings. The second-order valence-corrected chi connectivity index (χ2v) is 8.35. The number of nitrogens with zero attached hydrogens (tertiary/aromatic N) is 2. The van der Waals surface area contributed by atoms with E-state index in [1.165, 1.54) is 0 Å². The number of methoxy groups -OCH3 is 1. The Morgan fingerprint density at radius 3 is 2.27 bits per heavy atom. The Morgan fingerprint density at radius 1 is 0.967 bits per heavy atom. The minimum absolute atomic E-state index is 0.0479. The Balaban J connectivity index is 1.57. The van der Waals surface area contributed by atoms with E-state index >= 15 is 0 Å².